The van der Waals surface area contributed by atoms with E-state index in [9.17, 15) is 14.4 Å². The van der Waals surface area contributed by atoms with Crippen molar-refractivity contribution in [2.24, 2.45) is 0 Å². The summed E-state index contributed by atoms with van der Waals surface area (Å²) in [6, 6.07) is 15.7. The zero-order valence-corrected chi connectivity index (χ0v) is 18.8. The Balaban J connectivity index is 1.83. The third kappa shape index (κ3) is 4.65. The van der Waals surface area contributed by atoms with Gasteiger partial charge >= 0.3 is 5.69 Å². The van der Waals surface area contributed by atoms with E-state index in [1.807, 2.05) is 38.1 Å². The summed E-state index contributed by atoms with van der Waals surface area (Å²) in [6.07, 6.45) is 1.48. The average Bonchev–Trinajstić information content (AvgIpc) is 3.32. The predicted molar refractivity (Wildman–Crippen MR) is 124 cm³/mol. The Bertz CT molecular complexity index is 1440. The van der Waals surface area contributed by atoms with E-state index in [4.69, 9.17) is 16.0 Å². The lowest BCUT2D eigenvalue weighted by Crippen LogP contribution is -2.46. The predicted octanol–water partition coefficient (Wildman–Crippen LogP) is 3.24. The standard InChI is InChI=1S/C24H21ClN4O4/c1-15-6-3-4-7-17(15)14-28-23(31)21(22(30)26-13-19-8-5-11-33-19)27-29(24(28)32)18-10-9-16(2)20(25)12-18/h3-12H,13-14H2,1-2H3,(H,26,30). The highest BCUT2D eigenvalue weighted by molar-refractivity contribution is 6.31. The lowest BCUT2D eigenvalue weighted by molar-refractivity contribution is 0.0938. The molecule has 2 aromatic heterocycles. The molecule has 0 atom stereocenters. The Morgan fingerprint density at radius 2 is 1.85 bits per heavy atom. The highest BCUT2D eigenvalue weighted by atomic mass is 35.5. The molecule has 0 bridgehead atoms. The van der Waals surface area contributed by atoms with Crippen LogP contribution in [0.25, 0.3) is 5.69 Å². The van der Waals surface area contributed by atoms with Crippen LogP contribution >= 0.6 is 11.6 Å². The number of carbonyl (C=O) groups excluding carboxylic acids is 1. The fraction of sp³-hybridized carbons (Fsp3) is 0.167. The number of hydrogen-bond donors (Lipinski definition) is 1. The van der Waals surface area contributed by atoms with Crippen LogP contribution < -0.4 is 16.6 Å². The number of rotatable bonds is 6. The number of benzene rings is 2. The van der Waals surface area contributed by atoms with Gasteiger partial charge in [0.2, 0.25) is 5.69 Å². The van der Waals surface area contributed by atoms with Crippen molar-refractivity contribution in [2.45, 2.75) is 26.9 Å². The first-order chi connectivity index (χ1) is 15.8. The van der Waals surface area contributed by atoms with Gasteiger partial charge in [-0.15, -0.1) is 0 Å². The topological polar surface area (TPSA) is 99.1 Å². The van der Waals surface area contributed by atoms with Crippen LogP contribution in [0.4, 0.5) is 0 Å². The Kier molecular flexibility index (Phi) is 6.28. The summed E-state index contributed by atoms with van der Waals surface area (Å²) < 4.78 is 7.24. The zero-order valence-electron chi connectivity index (χ0n) is 18.0. The highest BCUT2D eigenvalue weighted by Gasteiger charge is 2.21. The van der Waals surface area contributed by atoms with E-state index in [0.29, 0.717) is 16.5 Å². The van der Waals surface area contributed by atoms with Crippen LogP contribution in [-0.2, 0) is 13.1 Å². The molecule has 0 aliphatic carbocycles. The van der Waals surface area contributed by atoms with E-state index in [-0.39, 0.29) is 13.1 Å². The maximum atomic E-state index is 13.3. The van der Waals surface area contributed by atoms with Crippen LogP contribution in [0.2, 0.25) is 5.02 Å². The molecule has 0 radical (unpaired) electrons. The van der Waals surface area contributed by atoms with Crippen molar-refractivity contribution in [3.8, 4) is 5.69 Å². The maximum Gasteiger partial charge on any atom is 0.352 e. The largest absolute Gasteiger partial charge is 0.467 e. The molecular weight excluding hydrogens is 444 g/mol. The van der Waals surface area contributed by atoms with Crippen molar-refractivity contribution >= 4 is 17.5 Å². The minimum absolute atomic E-state index is 0.00901. The van der Waals surface area contributed by atoms with Gasteiger partial charge in [-0.3, -0.25) is 14.2 Å². The first kappa shape index (κ1) is 22.3. The molecule has 1 N–H and O–H groups in total. The van der Waals surface area contributed by atoms with E-state index in [1.165, 1.54) is 6.26 Å². The zero-order chi connectivity index (χ0) is 23.5. The Hall–Kier alpha value is -3.91. The van der Waals surface area contributed by atoms with E-state index < -0.39 is 22.9 Å². The van der Waals surface area contributed by atoms with Gasteiger partial charge in [-0.2, -0.15) is 9.78 Å². The molecule has 2 aromatic carbocycles. The summed E-state index contributed by atoms with van der Waals surface area (Å²) >= 11 is 6.25. The third-order valence-electron chi connectivity index (χ3n) is 5.27. The minimum Gasteiger partial charge on any atom is -0.467 e. The Morgan fingerprint density at radius 1 is 1.06 bits per heavy atom. The molecule has 0 saturated heterocycles. The Morgan fingerprint density at radius 3 is 2.55 bits per heavy atom. The Labute approximate surface area is 194 Å². The number of furan rings is 1. The number of halogens is 1. The second-order valence-electron chi connectivity index (χ2n) is 7.56. The van der Waals surface area contributed by atoms with E-state index in [1.54, 1.807) is 30.3 Å². The van der Waals surface area contributed by atoms with Gasteiger partial charge in [-0.05, 0) is 54.8 Å². The summed E-state index contributed by atoms with van der Waals surface area (Å²) in [4.78, 5) is 39.4. The average molecular weight is 465 g/mol. The molecule has 0 aliphatic heterocycles. The lowest BCUT2D eigenvalue weighted by Gasteiger charge is -2.13. The molecule has 168 valence electrons. The molecule has 4 rings (SSSR count). The van der Waals surface area contributed by atoms with Crippen LogP contribution in [0.5, 0.6) is 0 Å². The maximum absolute atomic E-state index is 13.3. The molecule has 0 fully saturated rings. The fourth-order valence-corrected chi connectivity index (χ4v) is 3.48. The SMILES string of the molecule is Cc1ccc(-n2nc(C(=O)NCc3ccco3)c(=O)n(Cc3ccccc3C)c2=O)cc1Cl. The van der Waals surface area contributed by atoms with Crippen LogP contribution in [-0.4, -0.2) is 20.3 Å². The molecular formula is C24H21ClN4O4. The van der Waals surface area contributed by atoms with E-state index in [0.717, 1.165) is 25.9 Å². The van der Waals surface area contributed by atoms with Crippen molar-refractivity contribution in [3.05, 3.63) is 115 Å². The van der Waals surface area contributed by atoms with Gasteiger partial charge in [0.15, 0.2) is 0 Å². The number of carbonyl (C=O) groups is 1. The molecule has 0 spiro atoms. The normalized spacial score (nSPS) is 10.9. The summed E-state index contributed by atoms with van der Waals surface area (Å²) in [5, 5.41) is 7.15. The molecule has 4 aromatic rings. The monoisotopic (exact) mass is 464 g/mol. The number of aromatic nitrogens is 3. The highest BCUT2D eigenvalue weighted by Crippen LogP contribution is 2.18. The second kappa shape index (κ2) is 9.30. The van der Waals surface area contributed by atoms with Crippen LogP contribution in [0.3, 0.4) is 0 Å². The molecule has 0 saturated carbocycles. The van der Waals surface area contributed by atoms with Crippen molar-refractivity contribution in [2.75, 3.05) is 0 Å². The quantitative estimate of drug-likeness (QED) is 0.472. The number of nitrogens with zero attached hydrogens (tertiary/aromatic N) is 3. The second-order valence-corrected chi connectivity index (χ2v) is 7.96. The van der Waals surface area contributed by atoms with Crippen molar-refractivity contribution in [1.82, 2.24) is 19.7 Å². The van der Waals surface area contributed by atoms with Gasteiger partial charge < -0.3 is 9.73 Å². The van der Waals surface area contributed by atoms with Crippen LogP contribution in [0.15, 0.2) is 74.9 Å². The molecule has 2 heterocycles. The first-order valence-electron chi connectivity index (χ1n) is 10.2. The fourth-order valence-electron chi connectivity index (χ4n) is 3.30. The third-order valence-corrected chi connectivity index (χ3v) is 5.68. The van der Waals surface area contributed by atoms with Crippen molar-refractivity contribution in [3.63, 3.8) is 0 Å². The molecule has 33 heavy (non-hydrogen) atoms. The van der Waals surface area contributed by atoms with E-state index >= 15 is 0 Å². The van der Waals surface area contributed by atoms with Crippen molar-refractivity contribution < 1.29 is 9.21 Å². The molecule has 8 nitrogen and oxygen atoms in total. The van der Waals surface area contributed by atoms with Crippen molar-refractivity contribution in [1.29, 1.82) is 0 Å². The van der Waals surface area contributed by atoms with Gasteiger partial charge in [0.05, 0.1) is 25.0 Å². The molecule has 0 aliphatic rings. The molecule has 9 heteroatoms. The van der Waals surface area contributed by atoms with Gasteiger partial charge in [0, 0.05) is 5.02 Å². The number of aryl methyl sites for hydroxylation is 2. The van der Waals surface area contributed by atoms with Gasteiger partial charge in [-0.1, -0.05) is 41.9 Å². The smallest absolute Gasteiger partial charge is 0.352 e. The van der Waals surface area contributed by atoms with Gasteiger partial charge in [0.1, 0.15) is 5.76 Å². The summed E-state index contributed by atoms with van der Waals surface area (Å²) in [5.41, 5.74) is 0.979. The lowest BCUT2D eigenvalue weighted by atomic mass is 10.1. The number of hydrogen-bond acceptors (Lipinski definition) is 5. The van der Waals surface area contributed by atoms with Gasteiger partial charge in [-0.25, -0.2) is 4.79 Å². The molecule has 0 unspecified atom stereocenters. The minimum atomic E-state index is -0.783. The summed E-state index contributed by atoms with van der Waals surface area (Å²) in [6.45, 7) is 3.77. The summed E-state index contributed by atoms with van der Waals surface area (Å²) in [5.74, 6) is -0.205. The summed E-state index contributed by atoms with van der Waals surface area (Å²) in [7, 11) is 0. The van der Waals surface area contributed by atoms with Crippen LogP contribution in [0, 0.1) is 13.8 Å². The van der Waals surface area contributed by atoms with E-state index in [2.05, 4.69) is 10.4 Å². The number of nitrogens with one attached hydrogen (secondary N) is 1. The molecule has 1 amide bonds. The number of amides is 1. The van der Waals surface area contributed by atoms with Gasteiger partial charge in [0.25, 0.3) is 11.5 Å². The first-order valence-corrected chi connectivity index (χ1v) is 10.6. The van der Waals surface area contributed by atoms with Crippen LogP contribution in [0.1, 0.15) is 32.9 Å².